The summed E-state index contributed by atoms with van der Waals surface area (Å²) in [5.41, 5.74) is 2.00. The van der Waals surface area contributed by atoms with Crippen LogP contribution in [0, 0.1) is 13.8 Å². The van der Waals surface area contributed by atoms with Crippen molar-refractivity contribution in [2.24, 2.45) is 0 Å². The molecule has 0 spiro atoms. The fourth-order valence-electron chi connectivity index (χ4n) is 2.67. The van der Waals surface area contributed by atoms with Gasteiger partial charge in [0.2, 0.25) is 5.91 Å². The molecule has 2 rings (SSSR count). The maximum Gasteiger partial charge on any atom is 0.282 e. The van der Waals surface area contributed by atoms with E-state index in [4.69, 9.17) is 0 Å². The molecule has 2 aromatic rings. The normalized spacial score (nSPS) is 11.2. The largest absolute Gasteiger partial charge is 0.342 e. The molecule has 1 amide bonds. The van der Waals surface area contributed by atoms with Gasteiger partial charge in [0, 0.05) is 19.3 Å². The number of rotatable bonds is 7. The molecule has 1 heterocycles. The van der Waals surface area contributed by atoms with Crippen LogP contribution >= 0.6 is 0 Å². The molecule has 0 N–H and O–H groups in total. The Bertz CT molecular complexity index is 860. The topological polar surface area (TPSA) is 70.6 Å². The summed E-state index contributed by atoms with van der Waals surface area (Å²) in [6, 6.07) is 10.4. The van der Waals surface area contributed by atoms with Gasteiger partial charge in [-0.3, -0.25) is 9.10 Å². The van der Waals surface area contributed by atoms with Crippen LogP contribution in [0.25, 0.3) is 0 Å². The number of sulfonamides is 1. The number of carbonyl (C=O) groups is 1. The molecule has 0 unspecified atom stereocenters. The van der Waals surface area contributed by atoms with Gasteiger partial charge in [0.15, 0.2) is 5.03 Å². The second-order valence-corrected chi connectivity index (χ2v) is 7.82. The van der Waals surface area contributed by atoms with E-state index in [1.165, 1.54) is 6.20 Å². The zero-order valence-corrected chi connectivity index (χ0v) is 16.5. The number of anilines is 1. The number of hydrogen-bond acceptors (Lipinski definition) is 4. The van der Waals surface area contributed by atoms with E-state index in [0.717, 1.165) is 9.87 Å². The van der Waals surface area contributed by atoms with E-state index < -0.39 is 10.0 Å². The molecule has 7 heteroatoms. The van der Waals surface area contributed by atoms with Crippen LogP contribution in [-0.2, 0) is 14.8 Å². The average molecular weight is 375 g/mol. The number of aromatic nitrogens is 1. The lowest BCUT2D eigenvalue weighted by molar-refractivity contribution is -0.129. The van der Waals surface area contributed by atoms with Gasteiger partial charge in [0.25, 0.3) is 10.0 Å². The third kappa shape index (κ3) is 4.22. The number of hydrogen-bond donors (Lipinski definition) is 0. The van der Waals surface area contributed by atoms with Crippen molar-refractivity contribution in [1.29, 1.82) is 0 Å². The van der Waals surface area contributed by atoms with E-state index in [1.807, 2.05) is 32.9 Å². The number of aryl methyl sites for hydroxylation is 2. The molecule has 0 radical (unpaired) electrons. The first-order valence-electron chi connectivity index (χ1n) is 8.60. The molecule has 1 aromatic heterocycles. The van der Waals surface area contributed by atoms with Gasteiger partial charge in [-0.05, 0) is 51.5 Å². The van der Waals surface area contributed by atoms with Crippen LogP contribution in [0.1, 0.15) is 25.0 Å². The fourth-order valence-corrected chi connectivity index (χ4v) is 4.23. The molecule has 0 saturated carbocycles. The van der Waals surface area contributed by atoms with Gasteiger partial charge in [0.1, 0.15) is 6.54 Å². The molecule has 0 fully saturated rings. The van der Waals surface area contributed by atoms with Gasteiger partial charge in [-0.1, -0.05) is 23.8 Å². The molecule has 0 saturated heterocycles. The highest BCUT2D eigenvalue weighted by Crippen LogP contribution is 2.24. The number of nitrogens with zero attached hydrogens (tertiary/aromatic N) is 3. The summed E-state index contributed by atoms with van der Waals surface area (Å²) in [5, 5.41) is -0.0343. The first-order valence-corrected chi connectivity index (χ1v) is 10.0. The first-order chi connectivity index (χ1) is 12.3. The fraction of sp³-hybridized carbons (Fsp3) is 0.368. The second-order valence-electron chi connectivity index (χ2n) is 6.04. The Morgan fingerprint density at radius 3 is 2.19 bits per heavy atom. The Hall–Kier alpha value is -2.41. The predicted molar refractivity (Wildman–Crippen MR) is 103 cm³/mol. The molecule has 0 bridgehead atoms. The summed E-state index contributed by atoms with van der Waals surface area (Å²) >= 11 is 0. The van der Waals surface area contributed by atoms with Crippen molar-refractivity contribution in [3.05, 3.63) is 53.7 Å². The Kier molecular flexibility index (Phi) is 6.37. The quantitative estimate of drug-likeness (QED) is 0.746. The van der Waals surface area contributed by atoms with Crippen LogP contribution in [0.3, 0.4) is 0 Å². The molecule has 0 atom stereocenters. The summed E-state index contributed by atoms with van der Waals surface area (Å²) in [6.07, 6.45) is 1.44. The summed E-state index contributed by atoms with van der Waals surface area (Å²) in [4.78, 5) is 18.3. The third-order valence-corrected chi connectivity index (χ3v) is 6.05. The Labute approximate surface area is 155 Å². The summed E-state index contributed by atoms with van der Waals surface area (Å²) in [7, 11) is -3.97. The molecular formula is C19H25N3O3S. The lowest BCUT2D eigenvalue weighted by Crippen LogP contribution is -2.43. The number of benzene rings is 1. The standard InChI is InChI=1S/C19H25N3O3S/c1-5-21(6-2)18(23)14-22(17-11-9-15(3)10-12-17)26(24,25)19-16(4)8-7-13-20-19/h7-13H,5-6,14H2,1-4H3. The smallest absolute Gasteiger partial charge is 0.282 e. The van der Waals surface area contributed by atoms with Crippen LogP contribution in [0.15, 0.2) is 47.6 Å². The highest BCUT2D eigenvalue weighted by Gasteiger charge is 2.30. The number of amides is 1. The summed E-state index contributed by atoms with van der Waals surface area (Å²) < 4.78 is 27.7. The Morgan fingerprint density at radius 1 is 1.04 bits per heavy atom. The molecule has 1 aromatic carbocycles. The summed E-state index contributed by atoms with van der Waals surface area (Å²) in [6.45, 7) is 8.15. The van der Waals surface area contributed by atoms with Crippen molar-refractivity contribution in [2.45, 2.75) is 32.7 Å². The summed E-state index contributed by atoms with van der Waals surface area (Å²) in [5.74, 6) is -0.243. The lowest BCUT2D eigenvalue weighted by Gasteiger charge is -2.27. The van der Waals surface area contributed by atoms with Gasteiger partial charge in [-0.2, -0.15) is 8.42 Å². The van der Waals surface area contributed by atoms with E-state index in [9.17, 15) is 13.2 Å². The van der Waals surface area contributed by atoms with Crippen LogP contribution in [0.5, 0.6) is 0 Å². The number of likely N-dealkylation sites (N-methyl/N-ethyl adjacent to an activating group) is 1. The van der Waals surface area contributed by atoms with Crippen LogP contribution < -0.4 is 4.31 Å². The third-order valence-electron chi connectivity index (χ3n) is 4.21. The van der Waals surface area contributed by atoms with Crippen molar-refractivity contribution in [3.8, 4) is 0 Å². The molecule has 0 aliphatic carbocycles. The van der Waals surface area contributed by atoms with E-state index in [1.54, 1.807) is 36.1 Å². The SMILES string of the molecule is CCN(CC)C(=O)CN(c1ccc(C)cc1)S(=O)(=O)c1ncccc1C. The first kappa shape index (κ1) is 19.9. The van der Waals surface area contributed by atoms with Crippen LogP contribution in [0.4, 0.5) is 5.69 Å². The molecular weight excluding hydrogens is 350 g/mol. The lowest BCUT2D eigenvalue weighted by atomic mass is 10.2. The highest BCUT2D eigenvalue weighted by atomic mass is 32.2. The minimum absolute atomic E-state index is 0.0343. The Morgan fingerprint density at radius 2 is 1.65 bits per heavy atom. The zero-order chi connectivity index (χ0) is 19.3. The maximum atomic E-state index is 13.3. The van der Waals surface area contributed by atoms with E-state index in [-0.39, 0.29) is 17.5 Å². The highest BCUT2D eigenvalue weighted by molar-refractivity contribution is 7.92. The van der Waals surface area contributed by atoms with Gasteiger partial charge >= 0.3 is 0 Å². The van der Waals surface area contributed by atoms with E-state index >= 15 is 0 Å². The molecule has 26 heavy (non-hydrogen) atoms. The van der Waals surface area contributed by atoms with E-state index in [2.05, 4.69) is 4.98 Å². The average Bonchev–Trinajstić information content (AvgIpc) is 2.61. The van der Waals surface area contributed by atoms with E-state index in [0.29, 0.717) is 24.3 Å². The Balaban J connectivity index is 2.51. The number of carbonyl (C=O) groups excluding carboxylic acids is 1. The van der Waals surface area contributed by atoms with Gasteiger partial charge < -0.3 is 4.90 Å². The van der Waals surface area contributed by atoms with Crippen molar-refractivity contribution < 1.29 is 13.2 Å². The molecule has 6 nitrogen and oxygen atoms in total. The van der Waals surface area contributed by atoms with Gasteiger partial charge in [-0.15, -0.1) is 0 Å². The molecule has 0 aliphatic rings. The van der Waals surface area contributed by atoms with Gasteiger partial charge in [0.05, 0.1) is 5.69 Å². The predicted octanol–water partition coefficient (Wildman–Crippen LogP) is 2.76. The van der Waals surface area contributed by atoms with Crippen LogP contribution in [0.2, 0.25) is 0 Å². The van der Waals surface area contributed by atoms with Crippen molar-refractivity contribution in [3.63, 3.8) is 0 Å². The van der Waals surface area contributed by atoms with Gasteiger partial charge in [-0.25, -0.2) is 4.98 Å². The van der Waals surface area contributed by atoms with Crippen LogP contribution in [-0.4, -0.2) is 43.8 Å². The zero-order valence-electron chi connectivity index (χ0n) is 15.6. The van der Waals surface area contributed by atoms with Crippen molar-refractivity contribution >= 4 is 21.6 Å². The molecule has 0 aliphatic heterocycles. The van der Waals surface area contributed by atoms with Crippen molar-refractivity contribution in [2.75, 3.05) is 23.9 Å². The minimum Gasteiger partial charge on any atom is -0.342 e. The van der Waals surface area contributed by atoms with Crippen molar-refractivity contribution in [1.82, 2.24) is 9.88 Å². The minimum atomic E-state index is -3.97. The maximum absolute atomic E-state index is 13.3. The monoisotopic (exact) mass is 375 g/mol. The number of pyridine rings is 1. The second kappa shape index (κ2) is 8.31. The molecule has 140 valence electrons.